The number of benzene rings is 3. The summed E-state index contributed by atoms with van der Waals surface area (Å²) in [6.45, 7) is 5.97. The number of fused-ring (bicyclic) bond motifs is 4. The second-order valence-corrected chi connectivity index (χ2v) is 8.27. The quantitative estimate of drug-likeness (QED) is 0.134. The van der Waals surface area contributed by atoms with Crippen LogP contribution in [-0.4, -0.2) is 27.8 Å². The van der Waals surface area contributed by atoms with E-state index in [4.69, 9.17) is 4.84 Å². The van der Waals surface area contributed by atoms with Gasteiger partial charge in [0, 0.05) is 46.4 Å². The first-order chi connectivity index (χ1) is 16.4. The molecule has 1 aliphatic carbocycles. The predicted octanol–water partition coefficient (Wildman–Crippen LogP) is 5.56. The lowest BCUT2D eigenvalue weighted by Crippen LogP contribution is -2.00. The van der Waals surface area contributed by atoms with Gasteiger partial charge in [-0.05, 0) is 55.3 Å². The second-order valence-electron chi connectivity index (χ2n) is 8.27. The Labute approximate surface area is 196 Å². The van der Waals surface area contributed by atoms with E-state index in [-0.39, 0.29) is 17.1 Å². The van der Waals surface area contributed by atoms with Crippen molar-refractivity contribution in [2.24, 2.45) is 5.16 Å². The van der Waals surface area contributed by atoms with Gasteiger partial charge < -0.3 is 9.40 Å². The fourth-order valence-electron chi connectivity index (χ4n) is 4.53. The molecule has 168 valence electrons. The van der Waals surface area contributed by atoms with Crippen molar-refractivity contribution in [3.05, 3.63) is 88.5 Å². The molecule has 0 amide bonds. The molecule has 3 aromatic carbocycles. The molecule has 6 nitrogen and oxygen atoms in total. The van der Waals surface area contributed by atoms with E-state index < -0.39 is 5.97 Å². The molecular formula is C28H22N2O4. The first kappa shape index (κ1) is 21.5. The Kier molecular flexibility index (Phi) is 5.21. The van der Waals surface area contributed by atoms with Gasteiger partial charge in [0.15, 0.2) is 11.6 Å². The normalized spacial score (nSPS) is 13.6. The number of Topliss-reactive ketones (excluding diaryl/α,β-unsaturated/α-hetero) is 2. The summed E-state index contributed by atoms with van der Waals surface area (Å²) in [5.41, 5.74) is 5.42. The Morgan fingerprint density at radius 2 is 1.53 bits per heavy atom. The van der Waals surface area contributed by atoms with Crippen LogP contribution < -0.4 is 0 Å². The Hall–Kier alpha value is -4.32. The Morgan fingerprint density at radius 1 is 0.912 bits per heavy atom. The van der Waals surface area contributed by atoms with Gasteiger partial charge in [0.25, 0.3) is 0 Å². The van der Waals surface area contributed by atoms with Crippen LogP contribution in [0.3, 0.4) is 0 Å². The maximum absolute atomic E-state index is 12.8. The number of nitrogens with zero attached hydrogens (tertiary/aromatic N) is 2. The van der Waals surface area contributed by atoms with Crippen LogP contribution >= 0.6 is 0 Å². The van der Waals surface area contributed by atoms with Crippen molar-refractivity contribution in [1.29, 1.82) is 0 Å². The van der Waals surface area contributed by atoms with Crippen LogP contribution in [0.25, 0.3) is 27.9 Å². The highest BCUT2D eigenvalue weighted by Gasteiger charge is 2.32. The van der Waals surface area contributed by atoms with Gasteiger partial charge in [-0.1, -0.05) is 41.6 Å². The number of hydrogen-bond donors (Lipinski definition) is 0. The highest BCUT2D eigenvalue weighted by atomic mass is 16.7. The van der Waals surface area contributed by atoms with E-state index in [0.29, 0.717) is 16.8 Å². The first-order valence-corrected chi connectivity index (χ1v) is 11.1. The maximum atomic E-state index is 12.8. The van der Waals surface area contributed by atoms with E-state index in [1.54, 1.807) is 37.3 Å². The fraction of sp³-hybridized carbons (Fsp3) is 0.143. The zero-order valence-corrected chi connectivity index (χ0v) is 19.1. The van der Waals surface area contributed by atoms with Crippen LogP contribution in [0.1, 0.15) is 52.6 Å². The number of aryl methyl sites for hydroxylation is 1. The lowest BCUT2D eigenvalue weighted by atomic mass is 10.0. The highest BCUT2D eigenvalue weighted by Crippen LogP contribution is 2.33. The molecule has 5 rings (SSSR count). The summed E-state index contributed by atoms with van der Waals surface area (Å²) < 4.78 is 2.21. The van der Waals surface area contributed by atoms with Crippen LogP contribution in [0.15, 0.2) is 71.4 Å². The summed E-state index contributed by atoms with van der Waals surface area (Å²) >= 11 is 0. The number of carbonyl (C=O) groups is 3. The van der Waals surface area contributed by atoms with Crippen molar-refractivity contribution in [3.8, 4) is 0 Å². The van der Waals surface area contributed by atoms with Crippen molar-refractivity contribution in [2.45, 2.75) is 27.3 Å². The molecule has 0 saturated carbocycles. The highest BCUT2D eigenvalue weighted by molar-refractivity contribution is 6.41. The van der Waals surface area contributed by atoms with E-state index in [0.717, 1.165) is 39.5 Å². The average Bonchev–Trinajstić information content (AvgIpc) is 3.28. The molecule has 0 saturated heterocycles. The van der Waals surface area contributed by atoms with E-state index in [2.05, 4.69) is 16.6 Å². The number of oxime groups is 1. The van der Waals surface area contributed by atoms with Crippen molar-refractivity contribution in [3.63, 3.8) is 0 Å². The summed E-state index contributed by atoms with van der Waals surface area (Å²) in [5.74, 6) is -0.952. The van der Waals surface area contributed by atoms with Gasteiger partial charge >= 0.3 is 5.97 Å². The van der Waals surface area contributed by atoms with E-state index in [1.165, 1.54) is 6.92 Å². The molecule has 6 heteroatoms. The molecule has 0 N–H and O–H groups in total. The van der Waals surface area contributed by atoms with Crippen molar-refractivity contribution < 1.29 is 19.2 Å². The Morgan fingerprint density at radius 3 is 2.15 bits per heavy atom. The standard InChI is InChI=1S/C28H22N2O4/c1-4-30-25-11-9-18(14-24-27(32)20-7-5-6-8-21(20)28(24)33)13-22(25)23-15-19(10-12-26(23)30)16(2)29-34-17(3)31/h5-15H,4H2,1-3H3/b29-16+. The van der Waals surface area contributed by atoms with Crippen molar-refractivity contribution >= 4 is 51.1 Å². The van der Waals surface area contributed by atoms with Crippen LogP contribution in [0.5, 0.6) is 0 Å². The molecule has 1 aliphatic rings. The van der Waals surface area contributed by atoms with Gasteiger partial charge in [-0.15, -0.1) is 0 Å². The Bertz CT molecular complexity index is 1550. The van der Waals surface area contributed by atoms with Crippen LogP contribution in [0, 0.1) is 0 Å². The van der Waals surface area contributed by atoms with Crippen molar-refractivity contribution in [1.82, 2.24) is 4.57 Å². The molecule has 0 spiro atoms. The van der Waals surface area contributed by atoms with E-state index in [1.807, 2.05) is 36.4 Å². The van der Waals surface area contributed by atoms with Gasteiger partial charge in [-0.2, -0.15) is 0 Å². The molecule has 0 radical (unpaired) electrons. The molecular weight excluding hydrogens is 428 g/mol. The molecule has 0 fully saturated rings. The molecule has 0 aliphatic heterocycles. The summed E-state index contributed by atoms with van der Waals surface area (Å²) in [7, 11) is 0. The molecule has 1 heterocycles. The maximum Gasteiger partial charge on any atom is 0.331 e. The zero-order valence-electron chi connectivity index (χ0n) is 19.1. The summed E-state index contributed by atoms with van der Waals surface area (Å²) in [6, 6.07) is 18.9. The first-order valence-electron chi connectivity index (χ1n) is 11.1. The van der Waals surface area contributed by atoms with E-state index >= 15 is 0 Å². The minimum absolute atomic E-state index is 0.185. The number of allylic oxidation sites excluding steroid dienone is 1. The van der Waals surface area contributed by atoms with Gasteiger partial charge in [0.05, 0.1) is 11.3 Å². The summed E-state index contributed by atoms with van der Waals surface area (Å²) in [4.78, 5) is 41.6. The second kappa shape index (κ2) is 8.23. The molecule has 0 bridgehead atoms. The number of aromatic nitrogens is 1. The molecule has 1 aromatic heterocycles. The largest absolute Gasteiger partial charge is 0.341 e. The third-order valence-corrected chi connectivity index (χ3v) is 6.15. The third kappa shape index (κ3) is 3.44. The third-order valence-electron chi connectivity index (χ3n) is 6.15. The van der Waals surface area contributed by atoms with Gasteiger partial charge in [0.1, 0.15) is 0 Å². The minimum Gasteiger partial charge on any atom is -0.341 e. The number of ketones is 2. The zero-order chi connectivity index (χ0) is 24.0. The average molecular weight is 450 g/mol. The monoisotopic (exact) mass is 450 g/mol. The number of carbonyl (C=O) groups excluding carboxylic acids is 3. The minimum atomic E-state index is -0.473. The Balaban J connectivity index is 1.64. The van der Waals surface area contributed by atoms with Crippen LogP contribution in [-0.2, 0) is 16.2 Å². The number of hydrogen-bond acceptors (Lipinski definition) is 5. The summed E-state index contributed by atoms with van der Waals surface area (Å²) in [5, 5.41) is 5.92. The van der Waals surface area contributed by atoms with Crippen molar-refractivity contribution in [2.75, 3.05) is 0 Å². The topological polar surface area (TPSA) is 77.7 Å². The molecule has 0 unspecified atom stereocenters. The van der Waals surface area contributed by atoms with Gasteiger partial charge in [-0.3, -0.25) is 9.59 Å². The van der Waals surface area contributed by atoms with E-state index in [9.17, 15) is 14.4 Å². The lowest BCUT2D eigenvalue weighted by Gasteiger charge is -2.04. The number of rotatable bonds is 4. The SMILES string of the molecule is CCn1c2ccc(C=C3C(=O)c4ccccc4C3=O)cc2c2cc(/C(C)=N/OC(C)=O)ccc21. The van der Waals surface area contributed by atoms with Gasteiger partial charge in [0.2, 0.25) is 0 Å². The summed E-state index contributed by atoms with van der Waals surface area (Å²) in [6.07, 6.45) is 1.68. The smallest absolute Gasteiger partial charge is 0.331 e. The molecule has 4 aromatic rings. The lowest BCUT2D eigenvalue weighted by molar-refractivity contribution is -0.140. The fourth-order valence-corrected chi connectivity index (χ4v) is 4.53. The molecule has 0 atom stereocenters. The molecule has 34 heavy (non-hydrogen) atoms. The van der Waals surface area contributed by atoms with Gasteiger partial charge in [-0.25, -0.2) is 4.79 Å². The van der Waals surface area contributed by atoms with Crippen LogP contribution in [0.2, 0.25) is 0 Å². The van der Waals surface area contributed by atoms with Crippen LogP contribution in [0.4, 0.5) is 0 Å². The predicted molar refractivity (Wildman–Crippen MR) is 132 cm³/mol.